The number of hydrogen-bond acceptors (Lipinski definition) is 7. The number of nitrogens with zero attached hydrogens (tertiary/aromatic N) is 5. The highest BCUT2D eigenvalue weighted by Gasteiger charge is 2.17. The summed E-state index contributed by atoms with van der Waals surface area (Å²) in [5, 5.41) is 23.6. The number of aromatic hydroxyl groups is 1. The molecule has 0 unspecified atom stereocenters. The number of pyridine rings is 1. The molecule has 0 aliphatic heterocycles. The fraction of sp³-hybridized carbons (Fsp3) is 0.115. The highest BCUT2D eigenvalue weighted by molar-refractivity contribution is 7.99. The van der Waals surface area contributed by atoms with E-state index in [1.165, 1.54) is 18.0 Å². The molecule has 0 atom stereocenters. The Bertz CT molecular complexity index is 1350. The number of amides is 1. The molecule has 2 heterocycles. The third kappa shape index (κ3) is 5.82. The van der Waals surface area contributed by atoms with Crippen molar-refractivity contribution in [2.24, 2.45) is 5.10 Å². The second kappa shape index (κ2) is 11.3. The van der Waals surface area contributed by atoms with Gasteiger partial charge in [0.15, 0.2) is 11.0 Å². The fourth-order valence-corrected chi connectivity index (χ4v) is 4.09. The van der Waals surface area contributed by atoms with Gasteiger partial charge in [-0.15, -0.1) is 16.8 Å². The molecule has 0 fully saturated rings. The number of carbonyl (C=O) groups is 1. The van der Waals surface area contributed by atoms with Crippen LogP contribution in [0.4, 0.5) is 0 Å². The molecule has 9 heteroatoms. The monoisotopic (exact) mass is 484 g/mol. The van der Waals surface area contributed by atoms with Crippen molar-refractivity contribution in [3.8, 4) is 22.8 Å². The van der Waals surface area contributed by atoms with Crippen molar-refractivity contribution in [3.63, 3.8) is 0 Å². The summed E-state index contributed by atoms with van der Waals surface area (Å²) in [6.07, 6.45) is 7.07. The van der Waals surface area contributed by atoms with Crippen molar-refractivity contribution in [2.45, 2.75) is 18.5 Å². The Morgan fingerprint density at radius 2 is 1.91 bits per heavy atom. The van der Waals surface area contributed by atoms with Gasteiger partial charge in [0.05, 0.1) is 12.0 Å². The van der Waals surface area contributed by atoms with E-state index in [2.05, 4.69) is 32.3 Å². The predicted octanol–water partition coefficient (Wildman–Crippen LogP) is 4.31. The van der Waals surface area contributed by atoms with Crippen LogP contribution in [0.2, 0.25) is 0 Å². The van der Waals surface area contributed by atoms with Gasteiger partial charge in [-0.05, 0) is 49.2 Å². The molecule has 0 bridgehead atoms. The van der Waals surface area contributed by atoms with Crippen LogP contribution in [0.5, 0.6) is 5.75 Å². The van der Waals surface area contributed by atoms with Gasteiger partial charge in [0.25, 0.3) is 5.91 Å². The summed E-state index contributed by atoms with van der Waals surface area (Å²) in [6, 6.07) is 17.1. The SMILES string of the molecule is C=CCc1cccc(/C=N\NC(=O)CSc2nnc(-c3ccncc3)n2-c2ccc(C)cc2)c1O. The summed E-state index contributed by atoms with van der Waals surface area (Å²) < 4.78 is 1.92. The lowest BCUT2D eigenvalue weighted by molar-refractivity contribution is -0.118. The number of rotatable bonds is 9. The molecule has 2 N–H and O–H groups in total. The third-order valence-electron chi connectivity index (χ3n) is 5.10. The second-order valence-corrected chi connectivity index (χ2v) is 8.59. The zero-order valence-electron chi connectivity index (χ0n) is 19.1. The Hall–Kier alpha value is -4.24. The van der Waals surface area contributed by atoms with Crippen LogP contribution in [-0.4, -0.2) is 42.7 Å². The summed E-state index contributed by atoms with van der Waals surface area (Å²) in [7, 11) is 0. The molecular formula is C26H24N6O2S. The molecule has 0 aliphatic rings. The van der Waals surface area contributed by atoms with Crippen LogP contribution in [-0.2, 0) is 11.2 Å². The lowest BCUT2D eigenvalue weighted by Gasteiger charge is -2.10. The standard InChI is InChI=1S/C26H24N6O2S/c1-3-5-19-6-4-7-21(24(19)34)16-28-29-23(33)17-35-26-31-30-25(20-12-14-27-15-13-20)32(26)22-10-8-18(2)9-11-22/h3-4,6-16,34H,1,5,17H2,2H3,(H,29,33)/b28-16-. The normalized spacial score (nSPS) is 11.0. The van der Waals surface area contributed by atoms with Crippen molar-refractivity contribution in [1.29, 1.82) is 0 Å². The number of aromatic nitrogens is 4. The molecule has 1 amide bonds. The van der Waals surface area contributed by atoms with Crippen LogP contribution < -0.4 is 5.43 Å². The molecule has 0 aliphatic carbocycles. The van der Waals surface area contributed by atoms with Crippen molar-refractivity contribution in [3.05, 3.63) is 96.3 Å². The highest BCUT2D eigenvalue weighted by atomic mass is 32.2. The van der Waals surface area contributed by atoms with Crippen LogP contribution >= 0.6 is 11.8 Å². The number of hydrogen-bond donors (Lipinski definition) is 2. The topological polar surface area (TPSA) is 105 Å². The van der Waals surface area contributed by atoms with Gasteiger partial charge in [-0.25, -0.2) is 5.43 Å². The zero-order chi connectivity index (χ0) is 24.6. The van der Waals surface area contributed by atoms with Gasteiger partial charge < -0.3 is 5.11 Å². The van der Waals surface area contributed by atoms with E-state index in [4.69, 9.17) is 0 Å². The smallest absolute Gasteiger partial charge is 0.250 e. The number of thioether (sulfide) groups is 1. The number of aryl methyl sites for hydroxylation is 1. The first kappa shape index (κ1) is 23.9. The van der Waals surface area contributed by atoms with Crippen molar-refractivity contribution < 1.29 is 9.90 Å². The van der Waals surface area contributed by atoms with Gasteiger partial charge in [-0.3, -0.25) is 14.3 Å². The van der Waals surface area contributed by atoms with Crippen LogP contribution in [0.25, 0.3) is 17.1 Å². The molecule has 2 aromatic carbocycles. The summed E-state index contributed by atoms with van der Waals surface area (Å²) in [6.45, 7) is 5.71. The lowest BCUT2D eigenvalue weighted by Crippen LogP contribution is -2.20. The summed E-state index contributed by atoms with van der Waals surface area (Å²) in [5.74, 6) is 0.554. The number of phenolic OH excluding ortho intramolecular Hbond substituents is 1. The van der Waals surface area contributed by atoms with E-state index in [1.807, 2.05) is 60.0 Å². The molecule has 4 aromatic rings. The molecule has 0 radical (unpaired) electrons. The van der Waals surface area contributed by atoms with Gasteiger partial charge in [-0.2, -0.15) is 5.10 Å². The minimum Gasteiger partial charge on any atom is -0.507 e. The van der Waals surface area contributed by atoms with Crippen molar-refractivity contribution in [1.82, 2.24) is 25.2 Å². The van der Waals surface area contributed by atoms with E-state index in [9.17, 15) is 9.90 Å². The molecule has 8 nitrogen and oxygen atoms in total. The summed E-state index contributed by atoms with van der Waals surface area (Å²) in [4.78, 5) is 16.5. The molecule has 0 saturated heterocycles. The predicted molar refractivity (Wildman–Crippen MR) is 138 cm³/mol. The molecule has 4 rings (SSSR count). The number of hydrazone groups is 1. The van der Waals surface area contributed by atoms with E-state index < -0.39 is 0 Å². The number of allylic oxidation sites excluding steroid dienone is 1. The van der Waals surface area contributed by atoms with Crippen LogP contribution in [0.1, 0.15) is 16.7 Å². The highest BCUT2D eigenvalue weighted by Crippen LogP contribution is 2.28. The Kier molecular flexibility index (Phi) is 7.69. The molecule has 0 spiro atoms. The maximum absolute atomic E-state index is 12.4. The summed E-state index contributed by atoms with van der Waals surface area (Å²) in [5.41, 5.74) is 6.65. The first-order valence-corrected chi connectivity index (χ1v) is 11.8. The Balaban J connectivity index is 1.48. The number of carbonyl (C=O) groups excluding carboxylic acids is 1. The third-order valence-corrected chi connectivity index (χ3v) is 6.03. The molecular weight excluding hydrogens is 460 g/mol. The number of benzene rings is 2. The van der Waals surface area contributed by atoms with E-state index in [0.717, 1.165) is 22.4 Å². The number of phenols is 1. The average molecular weight is 485 g/mol. The lowest BCUT2D eigenvalue weighted by atomic mass is 10.1. The first-order chi connectivity index (χ1) is 17.1. The molecule has 35 heavy (non-hydrogen) atoms. The fourth-order valence-electron chi connectivity index (χ4n) is 3.35. The molecule has 176 valence electrons. The maximum Gasteiger partial charge on any atom is 0.250 e. The molecule has 2 aromatic heterocycles. The van der Waals surface area contributed by atoms with E-state index in [1.54, 1.807) is 24.5 Å². The molecule has 0 saturated carbocycles. The quantitative estimate of drug-likeness (QED) is 0.159. The first-order valence-electron chi connectivity index (χ1n) is 10.9. The van der Waals surface area contributed by atoms with Crippen molar-refractivity contribution >= 4 is 23.9 Å². The van der Waals surface area contributed by atoms with Gasteiger partial charge in [0, 0.05) is 29.2 Å². The van der Waals surface area contributed by atoms with E-state index >= 15 is 0 Å². The minimum absolute atomic E-state index is 0.0835. The van der Waals surface area contributed by atoms with Gasteiger partial charge in [0.2, 0.25) is 0 Å². The Labute approximate surface area is 207 Å². The minimum atomic E-state index is -0.308. The van der Waals surface area contributed by atoms with Crippen molar-refractivity contribution in [2.75, 3.05) is 5.75 Å². The Morgan fingerprint density at radius 3 is 2.66 bits per heavy atom. The zero-order valence-corrected chi connectivity index (χ0v) is 19.9. The number of para-hydroxylation sites is 1. The largest absolute Gasteiger partial charge is 0.507 e. The van der Waals surface area contributed by atoms with Gasteiger partial charge in [0.1, 0.15) is 5.75 Å². The van der Waals surface area contributed by atoms with Crippen LogP contribution in [0, 0.1) is 6.92 Å². The number of nitrogens with one attached hydrogen (secondary N) is 1. The van der Waals surface area contributed by atoms with Gasteiger partial charge in [-0.1, -0.05) is 47.7 Å². The summed E-state index contributed by atoms with van der Waals surface area (Å²) >= 11 is 1.26. The Morgan fingerprint density at radius 1 is 1.14 bits per heavy atom. The average Bonchev–Trinajstić information content (AvgIpc) is 3.30. The maximum atomic E-state index is 12.4. The van der Waals surface area contributed by atoms with Crippen LogP contribution in [0.15, 0.2) is 89.9 Å². The van der Waals surface area contributed by atoms with E-state index in [0.29, 0.717) is 23.0 Å². The van der Waals surface area contributed by atoms with E-state index in [-0.39, 0.29) is 17.4 Å². The van der Waals surface area contributed by atoms with Crippen LogP contribution in [0.3, 0.4) is 0 Å². The second-order valence-electron chi connectivity index (χ2n) is 7.64. The van der Waals surface area contributed by atoms with Gasteiger partial charge >= 0.3 is 0 Å².